The van der Waals surface area contributed by atoms with Gasteiger partial charge in [0.2, 0.25) is 0 Å². The van der Waals surface area contributed by atoms with Gasteiger partial charge >= 0.3 is 5.97 Å². The summed E-state index contributed by atoms with van der Waals surface area (Å²) in [7, 11) is -4.11. The number of fused-ring (bicyclic) bond motifs is 1. The zero-order valence-electron chi connectivity index (χ0n) is 9.16. The first kappa shape index (κ1) is 12.7. The molecule has 98 valence electrons. The number of rotatable bonds is 4. The molecule has 1 aromatic carbocycles. The number of aliphatic carboxylic acids is 1. The maximum absolute atomic E-state index is 11.6. The van der Waals surface area contributed by atoms with E-state index in [0.717, 1.165) is 0 Å². The van der Waals surface area contributed by atoms with E-state index >= 15 is 0 Å². The minimum absolute atomic E-state index is 0.173. The van der Waals surface area contributed by atoms with Crippen LogP contribution in [0.5, 0.6) is 11.5 Å². The molecule has 0 bridgehead atoms. The summed E-state index contributed by atoms with van der Waals surface area (Å²) >= 11 is 0. The van der Waals surface area contributed by atoms with Crippen LogP contribution in [0.1, 0.15) is 0 Å². The number of benzene rings is 1. The van der Waals surface area contributed by atoms with Crippen LogP contribution in [0.25, 0.3) is 0 Å². The van der Waals surface area contributed by atoms with Crippen molar-refractivity contribution >= 4 is 16.1 Å². The monoisotopic (exact) mass is 274 g/mol. The van der Waals surface area contributed by atoms with E-state index in [1.54, 1.807) is 0 Å². The third-order valence-electron chi connectivity index (χ3n) is 2.14. The Hall–Kier alpha value is -1.80. The second kappa shape index (κ2) is 4.83. The Bertz CT molecular complexity index is 564. The maximum atomic E-state index is 11.6. The molecule has 1 N–H and O–H groups in total. The van der Waals surface area contributed by atoms with E-state index in [0.29, 0.717) is 24.7 Å². The summed E-state index contributed by atoms with van der Waals surface area (Å²) in [5.41, 5.74) is 0. The zero-order chi connectivity index (χ0) is 13.2. The molecule has 8 heteroatoms. The summed E-state index contributed by atoms with van der Waals surface area (Å²) in [6.07, 6.45) is 0. The molecule has 0 spiro atoms. The van der Waals surface area contributed by atoms with Gasteiger partial charge in [-0.3, -0.25) is 4.18 Å². The molecule has 0 amide bonds. The van der Waals surface area contributed by atoms with Crippen molar-refractivity contribution < 1.29 is 32.0 Å². The van der Waals surface area contributed by atoms with E-state index in [2.05, 4.69) is 4.18 Å². The topological polar surface area (TPSA) is 99.1 Å². The van der Waals surface area contributed by atoms with Crippen LogP contribution in [-0.2, 0) is 19.1 Å². The van der Waals surface area contributed by atoms with Crippen molar-refractivity contribution in [1.82, 2.24) is 0 Å². The minimum Gasteiger partial charge on any atom is -0.486 e. The van der Waals surface area contributed by atoms with Crippen LogP contribution in [0, 0.1) is 0 Å². The lowest BCUT2D eigenvalue weighted by atomic mass is 10.3. The van der Waals surface area contributed by atoms with E-state index in [1.165, 1.54) is 18.2 Å². The Kier molecular flexibility index (Phi) is 3.39. The average Bonchev–Trinajstić information content (AvgIpc) is 2.36. The number of hydrogen-bond donors (Lipinski definition) is 1. The van der Waals surface area contributed by atoms with Crippen LogP contribution < -0.4 is 9.47 Å². The highest BCUT2D eigenvalue weighted by Crippen LogP contribution is 2.32. The highest BCUT2D eigenvalue weighted by Gasteiger charge is 2.21. The number of carboxylic acid groups (broad SMARTS) is 1. The third-order valence-corrected chi connectivity index (χ3v) is 3.40. The Morgan fingerprint density at radius 3 is 2.61 bits per heavy atom. The molecule has 1 aromatic rings. The summed E-state index contributed by atoms with van der Waals surface area (Å²) in [5, 5.41) is 8.38. The molecule has 0 saturated heterocycles. The predicted molar refractivity (Wildman–Crippen MR) is 58.2 cm³/mol. The largest absolute Gasteiger partial charge is 0.486 e. The molecule has 0 aliphatic carbocycles. The number of carbonyl (C=O) groups is 1. The van der Waals surface area contributed by atoms with Crippen LogP contribution in [-0.4, -0.2) is 39.3 Å². The second-order valence-electron chi connectivity index (χ2n) is 3.42. The standard InChI is InChI=1S/C10H10O7S/c11-10(12)6-17-18(13,14)7-1-2-8-9(5-7)16-4-3-15-8/h1-2,5H,3-4,6H2,(H,11,12). The van der Waals surface area contributed by atoms with Gasteiger partial charge < -0.3 is 14.6 Å². The third kappa shape index (κ3) is 2.71. The minimum atomic E-state index is -4.11. The Morgan fingerprint density at radius 1 is 1.28 bits per heavy atom. The van der Waals surface area contributed by atoms with Crippen LogP contribution in [0.4, 0.5) is 0 Å². The maximum Gasteiger partial charge on any atom is 0.331 e. The van der Waals surface area contributed by atoms with Gasteiger partial charge in [0, 0.05) is 6.07 Å². The normalized spacial score (nSPS) is 14.2. The molecular formula is C10H10O7S. The molecule has 0 aromatic heterocycles. The molecule has 7 nitrogen and oxygen atoms in total. The first-order chi connectivity index (χ1) is 8.49. The van der Waals surface area contributed by atoms with Crippen LogP contribution >= 0.6 is 0 Å². The number of carboxylic acids is 1. The van der Waals surface area contributed by atoms with Crippen LogP contribution in [0.15, 0.2) is 23.1 Å². The highest BCUT2D eigenvalue weighted by molar-refractivity contribution is 7.86. The predicted octanol–water partition coefficient (Wildman–Crippen LogP) is 0.248. The summed E-state index contributed by atoms with van der Waals surface area (Å²) in [5.74, 6) is -0.629. The van der Waals surface area contributed by atoms with E-state index in [4.69, 9.17) is 14.6 Å². The molecular weight excluding hydrogens is 264 g/mol. The Labute approximate surface area is 103 Å². The van der Waals surface area contributed by atoms with Crippen LogP contribution in [0.3, 0.4) is 0 Å². The van der Waals surface area contributed by atoms with Gasteiger partial charge in [-0.2, -0.15) is 8.42 Å². The molecule has 2 rings (SSSR count). The van der Waals surface area contributed by atoms with Gasteiger partial charge in [0.25, 0.3) is 10.1 Å². The van der Waals surface area contributed by atoms with Crippen molar-refractivity contribution in [2.75, 3.05) is 19.8 Å². The molecule has 18 heavy (non-hydrogen) atoms. The second-order valence-corrected chi connectivity index (χ2v) is 5.03. The van der Waals surface area contributed by atoms with Crippen molar-refractivity contribution in [3.8, 4) is 11.5 Å². The fourth-order valence-electron chi connectivity index (χ4n) is 1.38. The van der Waals surface area contributed by atoms with Crippen molar-refractivity contribution in [2.45, 2.75) is 4.90 Å². The number of ether oxygens (including phenoxy) is 2. The van der Waals surface area contributed by atoms with Crippen molar-refractivity contribution in [2.24, 2.45) is 0 Å². The quantitative estimate of drug-likeness (QED) is 0.785. The fraction of sp³-hybridized carbons (Fsp3) is 0.300. The Balaban J connectivity index is 2.25. The first-order valence-corrected chi connectivity index (χ1v) is 6.41. The molecule has 0 saturated carbocycles. The Morgan fingerprint density at radius 2 is 1.94 bits per heavy atom. The van der Waals surface area contributed by atoms with Crippen molar-refractivity contribution in [1.29, 1.82) is 0 Å². The van der Waals surface area contributed by atoms with Gasteiger partial charge in [0.15, 0.2) is 18.1 Å². The highest BCUT2D eigenvalue weighted by atomic mass is 32.2. The summed E-state index contributed by atoms with van der Waals surface area (Å²) in [6.45, 7) is -0.197. The molecule has 1 aliphatic rings. The van der Waals surface area contributed by atoms with Gasteiger partial charge in [0.05, 0.1) is 4.90 Å². The molecule has 0 atom stereocenters. The van der Waals surface area contributed by atoms with Crippen LogP contribution in [0.2, 0.25) is 0 Å². The molecule has 0 fully saturated rings. The molecule has 0 unspecified atom stereocenters. The fourth-order valence-corrected chi connectivity index (χ4v) is 2.25. The summed E-state index contributed by atoms with van der Waals surface area (Å²) in [4.78, 5) is 10.1. The zero-order valence-corrected chi connectivity index (χ0v) is 9.97. The van der Waals surface area contributed by atoms with Crippen molar-refractivity contribution in [3.63, 3.8) is 0 Å². The average molecular weight is 274 g/mol. The summed E-state index contributed by atoms with van der Waals surface area (Å²) in [6, 6.07) is 3.95. The molecule has 1 heterocycles. The first-order valence-electron chi connectivity index (χ1n) is 5.00. The van der Waals surface area contributed by atoms with E-state index in [1.807, 2.05) is 0 Å². The summed E-state index contributed by atoms with van der Waals surface area (Å²) < 4.78 is 38.1. The van der Waals surface area contributed by atoms with Gasteiger partial charge in [-0.1, -0.05) is 0 Å². The lowest BCUT2D eigenvalue weighted by Gasteiger charge is -2.18. The van der Waals surface area contributed by atoms with E-state index in [9.17, 15) is 13.2 Å². The van der Waals surface area contributed by atoms with Gasteiger partial charge in [-0.15, -0.1) is 0 Å². The van der Waals surface area contributed by atoms with E-state index < -0.39 is 22.7 Å². The SMILES string of the molecule is O=C(O)COS(=O)(=O)c1ccc2c(c1)OCCO2. The number of hydrogen-bond acceptors (Lipinski definition) is 6. The molecule has 0 radical (unpaired) electrons. The van der Waals surface area contributed by atoms with Crippen molar-refractivity contribution in [3.05, 3.63) is 18.2 Å². The van der Waals surface area contributed by atoms with Gasteiger partial charge in [-0.25, -0.2) is 4.79 Å². The lowest BCUT2D eigenvalue weighted by molar-refractivity contribution is -0.139. The lowest BCUT2D eigenvalue weighted by Crippen LogP contribution is -2.17. The van der Waals surface area contributed by atoms with Gasteiger partial charge in [-0.05, 0) is 12.1 Å². The van der Waals surface area contributed by atoms with Gasteiger partial charge in [0.1, 0.15) is 13.2 Å². The smallest absolute Gasteiger partial charge is 0.331 e. The van der Waals surface area contributed by atoms with E-state index in [-0.39, 0.29) is 4.90 Å². The molecule has 1 aliphatic heterocycles.